The van der Waals surface area contributed by atoms with Crippen molar-refractivity contribution in [2.24, 2.45) is 5.92 Å². The number of hydrogen-bond donors (Lipinski definition) is 1. The molecule has 6 heteroatoms. The number of unbranched alkanes of at least 4 members (excludes halogenated alkanes) is 1. The summed E-state index contributed by atoms with van der Waals surface area (Å²) < 4.78 is 31.6. The van der Waals surface area contributed by atoms with Crippen molar-refractivity contribution in [1.82, 2.24) is 9.62 Å². The van der Waals surface area contributed by atoms with Gasteiger partial charge >= 0.3 is 0 Å². The van der Waals surface area contributed by atoms with Crippen LogP contribution in [0.1, 0.15) is 39.5 Å². The van der Waals surface area contributed by atoms with Gasteiger partial charge in [0.15, 0.2) is 0 Å². The SMILES string of the molecule is CCCNCCCCS(=O)(=O)N1CCC(C)C(OC)C1. The molecule has 1 aliphatic rings. The Morgan fingerprint density at radius 3 is 2.70 bits per heavy atom. The highest BCUT2D eigenvalue weighted by atomic mass is 32.2. The number of nitrogens with one attached hydrogen (secondary N) is 1. The standard InChI is InChI=1S/C14H30N2O3S/c1-4-8-15-9-5-6-11-20(17,18)16-10-7-13(2)14(12-16)19-3/h13-15H,4-12H2,1-3H3. The third-order valence-corrected chi connectivity index (χ3v) is 5.90. The number of sulfonamides is 1. The smallest absolute Gasteiger partial charge is 0.214 e. The van der Waals surface area contributed by atoms with Gasteiger partial charge < -0.3 is 10.1 Å². The van der Waals surface area contributed by atoms with E-state index in [2.05, 4.69) is 19.2 Å². The minimum atomic E-state index is -3.12. The highest BCUT2D eigenvalue weighted by Crippen LogP contribution is 2.22. The Morgan fingerprint density at radius 1 is 1.30 bits per heavy atom. The summed E-state index contributed by atoms with van der Waals surface area (Å²) in [6, 6.07) is 0. The molecule has 0 spiro atoms. The molecule has 2 unspecified atom stereocenters. The Hall–Kier alpha value is -0.170. The van der Waals surface area contributed by atoms with Crippen LogP contribution in [0.2, 0.25) is 0 Å². The lowest BCUT2D eigenvalue weighted by Gasteiger charge is -2.35. The minimum Gasteiger partial charge on any atom is -0.380 e. The molecule has 0 aromatic rings. The number of hydrogen-bond acceptors (Lipinski definition) is 4. The van der Waals surface area contributed by atoms with Crippen LogP contribution >= 0.6 is 0 Å². The molecule has 0 amide bonds. The molecule has 0 aromatic carbocycles. The second kappa shape index (κ2) is 8.97. The normalized spacial score (nSPS) is 24.9. The molecule has 2 atom stereocenters. The van der Waals surface area contributed by atoms with Crippen LogP contribution in [0.25, 0.3) is 0 Å². The molecular weight excluding hydrogens is 276 g/mol. The van der Waals surface area contributed by atoms with Gasteiger partial charge in [-0.1, -0.05) is 13.8 Å². The second-order valence-corrected chi connectivity index (χ2v) is 7.76. The van der Waals surface area contributed by atoms with Gasteiger partial charge in [0, 0.05) is 20.2 Å². The average molecular weight is 306 g/mol. The van der Waals surface area contributed by atoms with Gasteiger partial charge in [-0.05, 0) is 44.7 Å². The van der Waals surface area contributed by atoms with Crippen LogP contribution in [-0.4, -0.2) is 57.9 Å². The maximum absolute atomic E-state index is 12.3. The van der Waals surface area contributed by atoms with Gasteiger partial charge in [-0.25, -0.2) is 8.42 Å². The zero-order valence-corrected chi connectivity index (χ0v) is 13.9. The predicted molar refractivity (Wildman–Crippen MR) is 82.3 cm³/mol. The molecule has 5 nitrogen and oxygen atoms in total. The van der Waals surface area contributed by atoms with E-state index in [1.165, 1.54) is 0 Å². The van der Waals surface area contributed by atoms with Gasteiger partial charge in [-0.15, -0.1) is 0 Å². The van der Waals surface area contributed by atoms with Crippen molar-refractivity contribution in [3.05, 3.63) is 0 Å². The molecule has 0 radical (unpaired) electrons. The maximum Gasteiger partial charge on any atom is 0.214 e. The lowest BCUT2D eigenvalue weighted by Crippen LogP contribution is -2.47. The summed E-state index contributed by atoms with van der Waals surface area (Å²) in [6.45, 7) is 7.30. The van der Waals surface area contributed by atoms with Crippen molar-refractivity contribution in [1.29, 1.82) is 0 Å². The summed E-state index contributed by atoms with van der Waals surface area (Å²) in [5.41, 5.74) is 0. The highest BCUT2D eigenvalue weighted by Gasteiger charge is 2.32. The molecule has 1 N–H and O–H groups in total. The largest absolute Gasteiger partial charge is 0.380 e. The van der Waals surface area contributed by atoms with Gasteiger partial charge in [-0.2, -0.15) is 4.31 Å². The van der Waals surface area contributed by atoms with E-state index in [-0.39, 0.29) is 11.9 Å². The lowest BCUT2D eigenvalue weighted by atomic mass is 9.97. The first kappa shape index (κ1) is 17.9. The van der Waals surface area contributed by atoms with E-state index >= 15 is 0 Å². The Kier molecular flexibility index (Phi) is 8.02. The molecular formula is C14H30N2O3S. The van der Waals surface area contributed by atoms with E-state index in [9.17, 15) is 8.42 Å². The van der Waals surface area contributed by atoms with Crippen LogP contribution in [0.4, 0.5) is 0 Å². The van der Waals surface area contributed by atoms with Crippen molar-refractivity contribution in [2.75, 3.05) is 39.0 Å². The fourth-order valence-electron chi connectivity index (χ4n) is 2.53. The van der Waals surface area contributed by atoms with E-state index in [1.54, 1.807) is 11.4 Å². The third-order valence-electron chi connectivity index (χ3n) is 3.98. The first-order chi connectivity index (χ1) is 9.51. The topological polar surface area (TPSA) is 58.6 Å². The fourth-order valence-corrected chi connectivity index (χ4v) is 4.12. The molecule has 1 aliphatic heterocycles. The molecule has 20 heavy (non-hydrogen) atoms. The van der Waals surface area contributed by atoms with Gasteiger partial charge in [0.1, 0.15) is 0 Å². The summed E-state index contributed by atoms with van der Waals surface area (Å²) in [4.78, 5) is 0. The average Bonchev–Trinajstić information content (AvgIpc) is 2.43. The van der Waals surface area contributed by atoms with Gasteiger partial charge in [-0.3, -0.25) is 0 Å². The molecule has 0 bridgehead atoms. The summed E-state index contributed by atoms with van der Waals surface area (Å²) >= 11 is 0. The molecule has 1 rings (SSSR count). The Morgan fingerprint density at radius 2 is 2.05 bits per heavy atom. The Balaban J connectivity index is 2.33. The summed E-state index contributed by atoms with van der Waals surface area (Å²) in [7, 11) is -1.45. The van der Waals surface area contributed by atoms with Crippen LogP contribution in [0.5, 0.6) is 0 Å². The quantitative estimate of drug-likeness (QED) is 0.655. The Labute approximate surface area is 124 Å². The van der Waals surface area contributed by atoms with Crippen molar-refractivity contribution >= 4 is 10.0 Å². The zero-order chi connectivity index (χ0) is 15.0. The number of methoxy groups -OCH3 is 1. The maximum atomic E-state index is 12.3. The summed E-state index contributed by atoms with van der Waals surface area (Å²) in [6.07, 6.45) is 3.67. The van der Waals surface area contributed by atoms with Gasteiger partial charge in [0.05, 0.1) is 11.9 Å². The van der Waals surface area contributed by atoms with Crippen molar-refractivity contribution < 1.29 is 13.2 Å². The van der Waals surface area contributed by atoms with E-state index in [1.807, 2.05) is 0 Å². The van der Waals surface area contributed by atoms with E-state index in [0.29, 0.717) is 19.0 Å². The molecule has 0 saturated carbocycles. The van der Waals surface area contributed by atoms with Crippen LogP contribution in [0.3, 0.4) is 0 Å². The lowest BCUT2D eigenvalue weighted by molar-refractivity contribution is 0.0184. The second-order valence-electron chi connectivity index (χ2n) is 5.67. The van der Waals surface area contributed by atoms with Crippen LogP contribution in [0, 0.1) is 5.92 Å². The zero-order valence-electron chi connectivity index (χ0n) is 13.1. The summed E-state index contributed by atoms with van der Waals surface area (Å²) in [5, 5.41) is 3.29. The molecule has 1 fully saturated rings. The number of rotatable bonds is 9. The monoisotopic (exact) mass is 306 g/mol. The molecule has 0 aromatic heterocycles. The van der Waals surface area contributed by atoms with Crippen molar-refractivity contribution in [3.8, 4) is 0 Å². The molecule has 1 saturated heterocycles. The fraction of sp³-hybridized carbons (Fsp3) is 1.00. The van der Waals surface area contributed by atoms with Gasteiger partial charge in [0.2, 0.25) is 10.0 Å². The summed E-state index contributed by atoms with van der Waals surface area (Å²) in [5.74, 6) is 0.690. The molecule has 1 heterocycles. The molecule has 120 valence electrons. The third kappa shape index (κ3) is 5.68. The van der Waals surface area contributed by atoms with Crippen molar-refractivity contribution in [3.63, 3.8) is 0 Å². The van der Waals surface area contributed by atoms with Crippen LogP contribution in [0.15, 0.2) is 0 Å². The first-order valence-corrected chi connectivity index (χ1v) is 9.33. The van der Waals surface area contributed by atoms with E-state index in [0.717, 1.165) is 38.8 Å². The number of ether oxygens (including phenoxy) is 1. The number of nitrogens with zero attached hydrogens (tertiary/aromatic N) is 1. The predicted octanol–water partition coefficient (Wildman–Crippen LogP) is 1.45. The minimum absolute atomic E-state index is 0.0322. The van der Waals surface area contributed by atoms with Crippen molar-refractivity contribution in [2.45, 2.75) is 45.6 Å². The highest BCUT2D eigenvalue weighted by molar-refractivity contribution is 7.89. The van der Waals surface area contributed by atoms with E-state index < -0.39 is 10.0 Å². The van der Waals surface area contributed by atoms with Gasteiger partial charge in [0.25, 0.3) is 0 Å². The van der Waals surface area contributed by atoms with Crippen LogP contribution < -0.4 is 5.32 Å². The molecule has 0 aliphatic carbocycles. The van der Waals surface area contributed by atoms with E-state index in [4.69, 9.17) is 4.74 Å². The Bertz CT molecular complexity index is 359. The first-order valence-electron chi connectivity index (χ1n) is 7.72. The number of piperidine rings is 1. The van der Waals surface area contributed by atoms with Crippen LogP contribution in [-0.2, 0) is 14.8 Å².